The molecule has 1 amide bonds. The molecule has 2 aromatic carbocycles. The Morgan fingerprint density at radius 1 is 1.18 bits per heavy atom. The molecule has 0 bridgehead atoms. The van der Waals surface area contributed by atoms with Crippen LogP contribution in [0.3, 0.4) is 0 Å². The summed E-state index contributed by atoms with van der Waals surface area (Å²) in [7, 11) is 1.26. The number of methoxy groups -OCH3 is 1. The van der Waals surface area contributed by atoms with Gasteiger partial charge in [-0.25, -0.2) is 9.18 Å². The van der Waals surface area contributed by atoms with Gasteiger partial charge in [-0.05, 0) is 61.9 Å². The van der Waals surface area contributed by atoms with Gasteiger partial charge in [0.2, 0.25) is 0 Å². The zero-order chi connectivity index (χ0) is 20.3. The molecule has 1 heterocycles. The minimum Gasteiger partial charge on any atom is -0.494 e. The van der Waals surface area contributed by atoms with Gasteiger partial charge in [-0.3, -0.25) is 9.69 Å². The molecule has 0 spiro atoms. The van der Waals surface area contributed by atoms with Crippen molar-refractivity contribution in [3.8, 4) is 5.75 Å². The van der Waals surface area contributed by atoms with Gasteiger partial charge in [0.1, 0.15) is 11.6 Å². The SMILES string of the molecule is CCOc1ccc(N2C(=O)/C(=C\c3cccc(F)c3)C(C(=O)OC)=C2C)cc1. The van der Waals surface area contributed by atoms with Crippen molar-refractivity contribution in [2.24, 2.45) is 0 Å². The highest BCUT2D eigenvalue weighted by molar-refractivity contribution is 6.23. The molecule has 0 atom stereocenters. The van der Waals surface area contributed by atoms with Crippen molar-refractivity contribution >= 4 is 23.6 Å². The molecule has 5 nitrogen and oxygen atoms in total. The minimum absolute atomic E-state index is 0.156. The van der Waals surface area contributed by atoms with Gasteiger partial charge in [0.25, 0.3) is 5.91 Å². The lowest BCUT2D eigenvalue weighted by atomic mass is 10.0. The van der Waals surface area contributed by atoms with Gasteiger partial charge in [0.05, 0.1) is 24.9 Å². The first-order chi connectivity index (χ1) is 13.5. The van der Waals surface area contributed by atoms with Crippen LogP contribution in [-0.2, 0) is 14.3 Å². The predicted molar refractivity (Wildman–Crippen MR) is 104 cm³/mol. The summed E-state index contributed by atoms with van der Waals surface area (Å²) in [5.41, 5.74) is 1.83. The molecular formula is C22H20FNO4. The number of halogens is 1. The lowest BCUT2D eigenvalue weighted by Crippen LogP contribution is -2.24. The van der Waals surface area contributed by atoms with E-state index in [1.807, 2.05) is 6.92 Å². The zero-order valence-corrected chi connectivity index (χ0v) is 15.9. The fourth-order valence-corrected chi connectivity index (χ4v) is 3.11. The van der Waals surface area contributed by atoms with Crippen molar-refractivity contribution in [1.29, 1.82) is 0 Å². The summed E-state index contributed by atoms with van der Waals surface area (Å²) in [5, 5.41) is 0. The first kappa shape index (κ1) is 19.4. The van der Waals surface area contributed by atoms with Gasteiger partial charge in [0, 0.05) is 11.4 Å². The average Bonchev–Trinajstić information content (AvgIpc) is 2.92. The third-order valence-electron chi connectivity index (χ3n) is 4.36. The lowest BCUT2D eigenvalue weighted by Gasteiger charge is -2.18. The molecule has 3 rings (SSSR count). The van der Waals surface area contributed by atoms with Crippen LogP contribution in [0.2, 0.25) is 0 Å². The van der Waals surface area contributed by atoms with E-state index in [0.29, 0.717) is 29.3 Å². The zero-order valence-electron chi connectivity index (χ0n) is 15.9. The predicted octanol–water partition coefficient (Wildman–Crippen LogP) is 4.10. The van der Waals surface area contributed by atoms with Crippen LogP contribution in [0.4, 0.5) is 10.1 Å². The minimum atomic E-state index is -0.623. The van der Waals surface area contributed by atoms with Gasteiger partial charge in [-0.2, -0.15) is 0 Å². The van der Waals surface area contributed by atoms with E-state index in [9.17, 15) is 14.0 Å². The smallest absolute Gasteiger partial charge is 0.340 e. The Morgan fingerprint density at radius 3 is 2.50 bits per heavy atom. The van der Waals surface area contributed by atoms with Gasteiger partial charge in [-0.15, -0.1) is 0 Å². The molecular weight excluding hydrogens is 361 g/mol. The Labute approximate surface area is 162 Å². The highest BCUT2D eigenvalue weighted by atomic mass is 19.1. The van der Waals surface area contributed by atoms with Gasteiger partial charge in [0.15, 0.2) is 0 Å². The van der Waals surface area contributed by atoms with Crippen LogP contribution >= 0.6 is 0 Å². The molecule has 6 heteroatoms. The highest BCUT2D eigenvalue weighted by Gasteiger charge is 2.37. The molecule has 1 aliphatic heterocycles. The van der Waals surface area contributed by atoms with E-state index in [0.717, 1.165) is 0 Å². The van der Waals surface area contributed by atoms with Crippen molar-refractivity contribution < 1.29 is 23.5 Å². The molecule has 0 saturated carbocycles. The van der Waals surface area contributed by atoms with Crippen LogP contribution < -0.4 is 9.64 Å². The molecule has 144 valence electrons. The maximum absolute atomic E-state index is 13.5. The summed E-state index contributed by atoms with van der Waals surface area (Å²) < 4.78 is 23.8. The second kappa shape index (κ2) is 8.08. The van der Waals surface area contributed by atoms with Crippen LogP contribution in [0.25, 0.3) is 6.08 Å². The number of carbonyl (C=O) groups is 2. The van der Waals surface area contributed by atoms with Crippen LogP contribution in [-0.4, -0.2) is 25.6 Å². The first-order valence-corrected chi connectivity index (χ1v) is 8.80. The van der Waals surface area contributed by atoms with Crippen molar-refractivity contribution in [1.82, 2.24) is 0 Å². The number of anilines is 1. The topological polar surface area (TPSA) is 55.8 Å². The van der Waals surface area contributed by atoms with E-state index in [1.54, 1.807) is 43.3 Å². The first-order valence-electron chi connectivity index (χ1n) is 8.80. The van der Waals surface area contributed by atoms with Gasteiger partial charge < -0.3 is 9.47 Å². The van der Waals surface area contributed by atoms with Crippen molar-refractivity contribution in [3.05, 3.63) is 76.8 Å². The normalized spacial score (nSPS) is 15.4. The van der Waals surface area contributed by atoms with Crippen LogP contribution in [0.15, 0.2) is 65.4 Å². The molecule has 0 radical (unpaired) electrons. The number of rotatable bonds is 5. The van der Waals surface area contributed by atoms with Gasteiger partial charge >= 0.3 is 5.97 Å². The standard InChI is InChI=1S/C22H20FNO4/c1-4-28-18-10-8-17(9-11-18)24-14(2)20(22(26)27-3)19(21(24)25)13-15-6-5-7-16(23)12-15/h5-13H,4H2,1-3H3/b19-13-. The summed E-state index contributed by atoms with van der Waals surface area (Å²) in [6.07, 6.45) is 1.50. The summed E-state index contributed by atoms with van der Waals surface area (Å²) in [5.74, 6) is -0.750. The summed E-state index contributed by atoms with van der Waals surface area (Å²) >= 11 is 0. The maximum Gasteiger partial charge on any atom is 0.340 e. The number of nitrogens with zero attached hydrogens (tertiary/aromatic N) is 1. The molecule has 0 unspecified atom stereocenters. The summed E-state index contributed by atoms with van der Waals surface area (Å²) in [6.45, 7) is 4.10. The maximum atomic E-state index is 13.5. The molecule has 28 heavy (non-hydrogen) atoms. The van der Waals surface area contributed by atoms with Crippen LogP contribution in [0.1, 0.15) is 19.4 Å². The molecule has 0 fully saturated rings. The van der Waals surface area contributed by atoms with Crippen molar-refractivity contribution in [3.63, 3.8) is 0 Å². The van der Waals surface area contributed by atoms with E-state index < -0.39 is 11.8 Å². The molecule has 0 aliphatic carbocycles. The number of allylic oxidation sites excluding steroid dienone is 1. The van der Waals surface area contributed by atoms with Crippen molar-refractivity contribution in [2.45, 2.75) is 13.8 Å². The van der Waals surface area contributed by atoms with Crippen molar-refractivity contribution in [2.75, 3.05) is 18.6 Å². The highest BCUT2D eigenvalue weighted by Crippen LogP contribution is 2.36. The Hall–Kier alpha value is -3.41. The fourth-order valence-electron chi connectivity index (χ4n) is 3.11. The van der Waals surface area contributed by atoms with E-state index in [-0.39, 0.29) is 17.1 Å². The fraction of sp³-hybridized carbons (Fsp3) is 0.182. The number of ether oxygens (including phenoxy) is 2. The third kappa shape index (κ3) is 3.67. The van der Waals surface area contributed by atoms with E-state index in [1.165, 1.54) is 30.2 Å². The number of amides is 1. The average molecular weight is 381 g/mol. The van der Waals surface area contributed by atoms with E-state index in [2.05, 4.69) is 0 Å². The molecule has 2 aromatic rings. The Morgan fingerprint density at radius 2 is 1.89 bits per heavy atom. The quantitative estimate of drug-likeness (QED) is 0.578. The molecule has 1 aliphatic rings. The summed E-state index contributed by atoms with van der Waals surface area (Å²) in [4.78, 5) is 26.9. The van der Waals surface area contributed by atoms with E-state index in [4.69, 9.17) is 9.47 Å². The van der Waals surface area contributed by atoms with Gasteiger partial charge in [-0.1, -0.05) is 12.1 Å². The van der Waals surface area contributed by atoms with Crippen LogP contribution in [0.5, 0.6) is 5.75 Å². The number of hydrogen-bond acceptors (Lipinski definition) is 4. The Balaban J connectivity index is 2.07. The Kier molecular flexibility index (Phi) is 5.59. The molecule has 0 saturated heterocycles. The Bertz CT molecular complexity index is 976. The molecule has 0 aromatic heterocycles. The van der Waals surface area contributed by atoms with E-state index >= 15 is 0 Å². The van der Waals surface area contributed by atoms with Crippen LogP contribution in [0, 0.1) is 5.82 Å². The number of benzene rings is 2. The molecule has 0 N–H and O–H groups in total. The monoisotopic (exact) mass is 381 g/mol. The second-order valence-electron chi connectivity index (χ2n) is 6.13. The number of esters is 1. The second-order valence-corrected chi connectivity index (χ2v) is 6.13. The number of carbonyl (C=O) groups excluding carboxylic acids is 2. The summed E-state index contributed by atoms with van der Waals surface area (Å²) in [6, 6.07) is 12.8. The third-order valence-corrected chi connectivity index (χ3v) is 4.36. The number of hydrogen-bond donors (Lipinski definition) is 0. The largest absolute Gasteiger partial charge is 0.494 e. The lowest BCUT2D eigenvalue weighted by molar-refractivity contribution is -0.136.